The molecule has 1 aromatic heterocycles. The number of hydrogen-bond donors (Lipinski definition) is 1. The van der Waals surface area contributed by atoms with Crippen molar-refractivity contribution in [1.82, 2.24) is 15.4 Å². The van der Waals surface area contributed by atoms with Crippen molar-refractivity contribution in [3.05, 3.63) is 53.2 Å². The number of aryl methyl sites for hydroxylation is 1. The monoisotopic (exact) mass is 303 g/mol. The van der Waals surface area contributed by atoms with Crippen molar-refractivity contribution < 1.29 is 13.7 Å². The molecule has 1 N–H and O–H groups in total. The first-order chi connectivity index (χ1) is 10.6. The summed E-state index contributed by atoms with van der Waals surface area (Å²) in [5, 5.41) is 6.78. The summed E-state index contributed by atoms with van der Waals surface area (Å²) in [6, 6.07) is 8.01. The van der Waals surface area contributed by atoms with Crippen molar-refractivity contribution in [1.29, 1.82) is 0 Å². The Morgan fingerprint density at radius 2 is 2.32 bits per heavy atom. The molecule has 116 valence electrons. The Morgan fingerprint density at radius 1 is 1.50 bits per heavy atom. The van der Waals surface area contributed by atoms with Crippen molar-refractivity contribution >= 4 is 6.03 Å². The van der Waals surface area contributed by atoms with Gasteiger partial charge in [-0.2, -0.15) is 0 Å². The Labute approximate surface area is 128 Å². The summed E-state index contributed by atoms with van der Waals surface area (Å²) < 4.78 is 18.7. The Morgan fingerprint density at radius 3 is 3.05 bits per heavy atom. The van der Waals surface area contributed by atoms with Gasteiger partial charge in [-0.1, -0.05) is 23.4 Å². The van der Waals surface area contributed by atoms with E-state index in [-0.39, 0.29) is 24.4 Å². The molecule has 1 aliphatic rings. The quantitative estimate of drug-likeness (QED) is 0.947. The zero-order valence-corrected chi connectivity index (χ0v) is 12.4. The Bertz CT molecular complexity index is 671. The van der Waals surface area contributed by atoms with E-state index in [1.807, 2.05) is 13.0 Å². The number of halogens is 1. The maximum atomic E-state index is 13.6. The highest BCUT2D eigenvalue weighted by atomic mass is 19.1. The molecule has 2 heterocycles. The molecule has 0 radical (unpaired) electrons. The van der Waals surface area contributed by atoms with Gasteiger partial charge in [0.15, 0.2) is 0 Å². The number of nitrogens with one attached hydrogen (secondary N) is 1. The van der Waals surface area contributed by atoms with E-state index in [9.17, 15) is 9.18 Å². The second-order valence-electron chi connectivity index (χ2n) is 5.46. The zero-order chi connectivity index (χ0) is 15.5. The van der Waals surface area contributed by atoms with E-state index >= 15 is 0 Å². The lowest BCUT2D eigenvalue weighted by Gasteiger charge is -2.23. The predicted molar refractivity (Wildman–Crippen MR) is 78.6 cm³/mol. The lowest BCUT2D eigenvalue weighted by molar-refractivity contribution is 0.190. The average molecular weight is 303 g/mol. The summed E-state index contributed by atoms with van der Waals surface area (Å²) in [5.41, 5.74) is 1.25. The Hall–Kier alpha value is -2.37. The van der Waals surface area contributed by atoms with Crippen LogP contribution in [-0.2, 0) is 6.54 Å². The van der Waals surface area contributed by atoms with Crippen LogP contribution in [0, 0.1) is 12.7 Å². The summed E-state index contributed by atoms with van der Waals surface area (Å²) >= 11 is 0. The van der Waals surface area contributed by atoms with Crippen molar-refractivity contribution in [2.45, 2.75) is 32.4 Å². The zero-order valence-electron chi connectivity index (χ0n) is 12.4. The molecule has 1 saturated heterocycles. The van der Waals surface area contributed by atoms with Gasteiger partial charge in [-0.15, -0.1) is 0 Å². The molecule has 2 amide bonds. The van der Waals surface area contributed by atoms with Gasteiger partial charge in [0.1, 0.15) is 17.3 Å². The van der Waals surface area contributed by atoms with Gasteiger partial charge in [0.2, 0.25) is 0 Å². The van der Waals surface area contributed by atoms with Crippen LogP contribution in [0.1, 0.15) is 35.9 Å². The molecule has 1 aliphatic heterocycles. The minimum absolute atomic E-state index is 0.0712. The van der Waals surface area contributed by atoms with Crippen LogP contribution >= 0.6 is 0 Å². The van der Waals surface area contributed by atoms with Gasteiger partial charge in [-0.25, -0.2) is 9.18 Å². The first-order valence-corrected chi connectivity index (χ1v) is 7.36. The van der Waals surface area contributed by atoms with Crippen molar-refractivity contribution in [3.63, 3.8) is 0 Å². The fourth-order valence-electron chi connectivity index (χ4n) is 2.77. The topological polar surface area (TPSA) is 58.4 Å². The largest absolute Gasteiger partial charge is 0.361 e. The summed E-state index contributed by atoms with van der Waals surface area (Å²) in [6.45, 7) is 2.67. The SMILES string of the molecule is Cc1cc(C2CCCN2C(=O)NCc2ccccc2F)no1. The smallest absolute Gasteiger partial charge is 0.318 e. The van der Waals surface area contributed by atoms with Crippen molar-refractivity contribution in [3.8, 4) is 0 Å². The first kappa shape index (κ1) is 14.6. The van der Waals surface area contributed by atoms with E-state index in [0.29, 0.717) is 12.1 Å². The molecule has 0 spiro atoms. The van der Waals surface area contributed by atoms with E-state index in [0.717, 1.165) is 24.3 Å². The second-order valence-corrected chi connectivity index (χ2v) is 5.46. The molecule has 6 heteroatoms. The molecule has 5 nitrogen and oxygen atoms in total. The van der Waals surface area contributed by atoms with Crippen LogP contribution in [-0.4, -0.2) is 22.6 Å². The number of carbonyl (C=O) groups is 1. The molecular formula is C16H18FN3O2. The van der Waals surface area contributed by atoms with Crippen LogP contribution in [0.2, 0.25) is 0 Å². The minimum Gasteiger partial charge on any atom is -0.361 e. The van der Waals surface area contributed by atoms with Gasteiger partial charge in [0.25, 0.3) is 0 Å². The molecule has 0 saturated carbocycles. The summed E-state index contributed by atoms with van der Waals surface area (Å²) in [5.74, 6) is 0.418. The van der Waals surface area contributed by atoms with E-state index < -0.39 is 0 Å². The number of benzene rings is 1. The third-order valence-corrected chi connectivity index (χ3v) is 3.89. The maximum absolute atomic E-state index is 13.6. The molecule has 1 fully saturated rings. The molecule has 0 aliphatic carbocycles. The van der Waals surface area contributed by atoms with Crippen LogP contribution in [0.4, 0.5) is 9.18 Å². The van der Waals surface area contributed by atoms with E-state index in [4.69, 9.17) is 4.52 Å². The van der Waals surface area contributed by atoms with Crippen LogP contribution in [0.3, 0.4) is 0 Å². The van der Waals surface area contributed by atoms with Crippen molar-refractivity contribution in [2.75, 3.05) is 6.54 Å². The molecule has 2 aromatic rings. The average Bonchev–Trinajstić information content (AvgIpc) is 3.14. The van der Waals surface area contributed by atoms with E-state index in [2.05, 4.69) is 10.5 Å². The molecule has 1 atom stereocenters. The first-order valence-electron chi connectivity index (χ1n) is 7.36. The minimum atomic E-state index is -0.312. The van der Waals surface area contributed by atoms with Crippen LogP contribution in [0.25, 0.3) is 0 Å². The highest BCUT2D eigenvalue weighted by Gasteiger charge is 2.32. The fourth-order valence-corrected chi connectivity index (χ4v) is 2.77. The number of aromatic nitrogens is 1. The summed E-state index contributed by atoms with van der Waals surface area (Å²) in [6.07, 6.45) is 1.78. The lowest BCUT2D eigenvalue weighted by atomic mass is 10.1. The van der Waals surface area contributed by atoms with Gasteiger partial charge < -0.3 is 14.7 Å². The fraction of sp³-hybridized carbons (Fsp3) is 0.375. The Balaban J connectivity index is 1.65. The maximum Gasteiger partial charge on any atom is 0.318 e. The predicted octanol–water partition coefficient (Wildman–Crippen LogP) is 3.17. The van der Waals surface area contributed by atoms with Gasteiger partial charge >= 0.3 is 6.03 Å². The van der Waals surface area contributed by atoms with Gasteiger partial charge in [0, 0.05) is 24.7 Å². The van der Waals surface area contributed by atoms with E-state index in [1.54, 1.807) is 23.1 Å². The van der Waals surface area contributed by atoms with Crippen LogP contribution < -0.4 is 5.32 Å². The number of carbonyl (C=O) groups excluding carboxylic acids is 1. The van der Waals surface area contributed by atoms with Gasteiger partial charge in [-0.05, 0) is 25.8 Å². The molecule has 22 heavy (non-hydrogen) atoms. The number of likely N-dealkylation sites (tertiary alicyclic amines) is 1. The van der Waals surface area contributed by atoms with Crippen LogP contribution in [0.5, 0.6) is 0 Å². The summed E-state index contributed by atoms with van der Waals surface area (Å²) in [4.78, 5) is 14.1. The van der Waals surface area contributed by atoms with Gasteiger partial charge in [0.05, 0.1) is 6.04 Å². The van der Waals surface area contributed by atoms with E-state index in [1.165, 1.54) is 6.07 Å². The van der Waals surface area contributed by atoms with Gasteiger partial charge in [-0.3, -0.25) is 0 Å². The highest BCUT2D eigenvalue weighted by Crippen LogP contribution is 2.31. The molecule has 1 aromatic carbocycles. The normalized spacial score (nSPS) is 17.7. The second kappa shape index (κ2) is 6.17. The molecule has 3 rings (SSSR count). The highest BCUT2D eigenvalue weighted by molar-refractivity contribution is 5.75. The molecule has 1 unspecified atom stereocenters. The lowest BCUT2D eigenvalue weighted by Crippen LogP contribution is -2.39. The Kier molecular flexibility index (Phi) is 4.09. The third-order valence-electron chi connectivity index (χ3n) is 3.89. The summed E-state index contributed by atoms with van der Waals surface area (Å²) in [7, 11) is 0. The molecular weight excluding hydrogens is 285 g/mol. The molecule has 0 bridgehead atoms. The third kappa shape index (κ3) is 2.95. The number of rotatable bonds is 3. The number of nitrogens with zero attached hydrogens (tertiary/aromatic N) is 2. The number of amides is 2. The van der Waals surface area contributed by atoms with Crippen LogP contribution in [0.15, 0.2) is 34.9 Å². The number of hydrogen-bond acceptors (Lipinski definition) is 3. The standard InChI is InChI=1S/C16H18FN3O2/c1-11-9-14(19-22-11)15-7-4-8-20(15)16(21)18-10-12-5-2-3-6-13(12)17/h2-3,5-6,9,15H,4,7-8,10H2,1H3,(H,18,21). The van der Waals surface area contributed by atoms with Crippen molar-refractivity contribution in [2.24, 2.45) is 0 Å². The number of urea groups is 1.